The van der Waals surface area contributed by atoms with Crippen molar-refractivity contribution < 1.29 is 0 Å². The average molecular weight is 238 g/mol. The fourth-order valence-electron chi connectivity index (χ4n) is 2.03. The summed E-state index contributed by atoms with van der Waals surface area (Å²) in [5.74, 6) is 1.06. The fraction of sp³-hybridized carbons (Fsp3) is 0.636. The van der Waals surface area contributed by atoms with Gasteiger partial charge in [-0.1, -0.05) is 6.92 Å². The van der Waals surface area contributed by atoms with Gasteiger partial charge in [-0.05, 0) is 12.7 Å². The summed E-state index contributed by atoms with van der Waals surface area (Å²) in [4.78, 5) is 11.0. The van der Waals surface area contributed by atoms with E-state index in [1.165, 1.54) is 0 Å². The highest BCUT2D eigenvalue weighted by Gasteiger charge is 2.21. The van der Waals surface area contributed by atoms with Crippen LogP contribution in [0.25, 0.3) is 0 Å². The summed E-state index contributed by atoms with van der Waals surface area (Å²) in [5, 5.41) is 4.46. The van der Waals surface area contributed by atoms with Gasteiger partial charge in [0.1, 0.15) is 17.2 Å². The topological polar surface area (TPSA) is 41.0 Å². The van der Waals surface area contributed by atoms with Gasteiger partial charge in [0.05, 0.1) is 0 Å². The minimum Gasteiger partial charge on any atom is -0.351 e. The summed E-state index contributed by atoms with van der Waals surface area (Å²) in [5.41, 5.74) is 0. The Morgan fingerprint density at radius 2 is 2.44 bits per heavy atom. The van der Waals surface area contributed by atoms with Crippen molar-refractivity contribution in [2.45, 2.75) is 24.4 Å². The lowest BCUT2D eigenvalue weighted by molar-refractivity contribution is 0.462. The van der Waals surface area contributed by atoms with Crippen molar-refractivity contribution in [3.8, 4) is 0 Å². The lowest BCUT2D eigenvalue weighted by Gasteiger charge is -2.36. The molecule has 16 heavy (non-hydrogen) atoms. The van der Waals surface area contributed by atoms with Crippen molar-refractivity contribution in [3.05, 3.63) is 12.4 Å². The molecule has 0 spiro atoms. The second kappa shape index (κ2) is 5.50. The highest BCUT2D eigenvalue weighted by molar-refractivity contribution is 7.98. The number of thioether (sulfide) groups is 1. The first-order valence-electron chi connectivity index (χ1n) is 5.68. The van der Waals surface area contributed by atoms with Gasteiger partial charge in [0, 0.05) is 31.7 Å². The SMILES string of the molecule is CCC1CNCCN1c1cc(SC)ncn1. The third kappa shape index (κ3) is 2.47. The first-order valence-corrected chi connectivity index (χ1v) is 6.91. The van der Waals surface area contributed by atoms with E-state index in [-0.39, 0.29) is 0 Å². The minimum absolute atomic E-state index is 0.554. The van der Waals surface area contributed by atoms with E-state index >= 15 is 0 Å². The maximum atomic E-state index is 4.38. The van der Waals surface area contributed by atoms with Crippen LogP contribution in [-0.4, -0.2) is 41.9 Å². The van der Waals surface area contributed by atoms with Crippen LogP contribution in [0.3, 0.4) is 0 Å². The van der Waals surface area contributed by atoms with E-state index in [1.54, 1.807) is 18.1 Å². The number of hydrogen-bond acceptors (Lipinski definition) is 5. The molecule has 0 aliphatic carbocycles. The standard InChI is InChI=1S/C11H18N4S/c1-3-9-7-12-4-5-15(9)10-6-11(16-2)14-8-13-10/h6,8-9,12H,3-5,7H2,1-2H3. The van der Waals surface area contributed by atoms with Gasteiger partial charge in [0.15, 0.2) is 0 Å². The number of piperazine rings is 1. The Labute approximate surface area is 101 Å². The van der Waals surface area contributed by atoms with Gasteiger partial charge in [0.2, 0.25) is 0 Å². The van der Waals surface area contributed by atoms with Crippen LogP contribution in [0.15, 0.2) is 17.4 Å². The van der Waals surface area contributed by atoms with Crippen LogP contribution in [-0.2, 0) is 0 Å². The zero-order chi connectivity index (χ0) is 11.4. The molecule has 0 amide bonds. The van der Waals surface area contributed by atoms with E-state index in [0.717, 1.165) is 36.9 Å². The molecule has 88 valence electrons. The predicted molar refractivity (Wildman–Crippen MR) is 68.1 cm³/mol. The molecule has 1 unspecified atom stereocenters. The van der Waals surface area contributed by atoms with Gasteiger partial charge in [-0.15, -0.1) is 11.8 Å². The monoisotopic (exact) mass is 238 g/mol. The molecule has 0 aromatic carbocycles. The van der Waals surface area contributed by atoms with Gasteiger partial charge >= 0.3 is 0 Å². The van der Waals surface area contributed by atoms with Gasteiger partial charge in [-0.3, -0.25) is 0 Å². The van der Waals surface area contributed by atoms with Crippen molar-refractivity contribution >= 4 is 17.6 Å². The number of nitrogens with zero attached hydrogens (tertiary/aromatic N) is 3. The van der Waals surface area contributed by atoms with Crippen molar-refractivity contribution in [2.75, 3.05) is 30.8 Å². The van der Waals surface area contributed by atoms with Crippen LogP contribution in [0.1, 0.15) is 13.3 Å². The van der Waals surface area contributed by atoms with Crippen LogP contribution in [0.5, 0.6) is 0 Å². The van der Waals surface area contributed by atoms with Crippen LogP contribution in [0.2, 0.25) is 0 Å². The number of nitrogens with one attached hydrogen (secondary N) is 1. The Balaban J connectivity index is 2.20. The molecular formula is C11H18N4S. The lowest BCUT2D eigenvalue weighted by atomic mass is 10.1. The summed E-state index contributed by atoms with van der Waals surface area (Å²) in [6.45, 7) is 5.34. The largest absolute Gasteiger partial charge is 0.351 e. The highest BCUT2D eigenvalue weighted by Crippen LogP contribution is 2.20. The van der Waals surface area contributed by atoms with Crippen molar-refractivity contribution in [1.29, 1.82) is 0 Å². The highest BCUT2D eigenvalue weighted by atomic mass is 32.2. The smallest absolute Gasteiger partial charge is 0.133 e. The molecule has 1 aliphatic rings. The molecule has 5 heteroatoms. The third-order valence-corrected chi connectivity index (χ3v) is 3.59. The van der Waals surface area contributed by atoms with Crippen LogP contribution < -0.4 is 10.2 Å². The van der Waals surface area contributed by atoms with E-state index < -0.39 is 0 Å². The van der Waals surface area contributed by atoms with Crippen molar-refractivity contribution in [1.82, 2.24) is 15.3 Å². The number of aromatic nitrogens is 2. The molecule has 1 saturated heterocycles. The molecule has 4 nitrogen and oxygen atoms in total. The molecule has 1 aromatic heterocycles. The Kier molecular flexibility index (Phi) is 4.01. The molecule has 1 fully saturated rings. The normalized spacial score (nSPS) is 21.1. The molecular weight excluding hydrogens is 220 g/mol. The Morgan fingerprint density at radius 1 is 1.56 bits per heavy atom. The lowest BCUT2D eigenvalue weighted by Crippen LogP contribution is -2.51. The Bertz CT molecular complexity index is 345. The third-order valence-electron chi connectivity index (χ3n) is 2.95. The summed E-state index contributed by atoms with van der Waals surface area (Å²) < 4.78 is 0. The van der Waals surface area contributed by atoms with E-state index in [9.17, 15) is 0 Å². The first-order chi connectivity index (χ1) is 7.85. The van der Waals surface area contributed by atoms with E-state index in [4.69, 9.17) is 0 Å². The van der Waals surface area contributed by atoms with E-state index in [0.29, 0.717) is 6.04 Å². The summed E-state index contributed by atoms with van der Waals surface area (Å²) >= 11 is 1.66. The first kappa shape index (κ1) is 11.7. The predicted octanol–water partition coefficient (Wildman–Crippen LogP) is 1.39. The summed E-state index contributed by atoms with van der Waals surface area (Å²) in [6, 6.07) is 2.64. The second-order valence-corrected chi connectivity index (χ2v) is 4.70. The molecule has 1 aromatic rings. The van der Waals surface area contributed by atoms with Crippen LogP contribution in [0, 0.1) is 0 Å². The summed E-state index contributed by atoms with van der Waals surface area (Å²) in [6.07, 6.45) is 4.85. The zero-order valence-electron chi connectivity index (χ0n) is 9.81. The van der Waals surface area contributed by atoms with Gasteiger partial charge in [-0.25, -0.2) is 9.97 Å². The van der Waals surface area contributed by atoms with Gasteiger partial charge < -0.3 is 10.2 Å². The molecule has 0 saturated carbocycles. The molecule has 1 N–H and O–H groups in total. The number of rotatable bonds is 3. The average Bonchev–Trinajstić information content (AvgIpc) is 2.38. The number of anilines is 1. The minimum atomic E-state index is 0.554. The van der Waals surface area contributed by atoms with Gasteiger partial charge in [0.25, 0.3) is 0 Å². The maximum absolute atomic E-state index is 4.38. The number of hydrogen-bond donors (Lipinski definition) is 1. The maximum Gasteiger partial charge on any atom is 0.133 e. The molecule has 0 bridgehead atoms. The quantitative estimate of drug-likeness (QED) is 0.636. The second-order valence-electron chi connectivity index (χ2n) is 3.88. The van der Waals surface area contributed by atoms with Gasteiger partial charge in [-0.2, -0.15) is 0 Å². The van der Waals surface area contributed by atoms with Crippen LogP contribution >= 0.6 is 11.8 Å². The van der Waals surface area contributed by atoms with Crippen LogP contribution in [0.4, 0.5) is 5.82 Å². The molecule has 2 rings (SSSR count). The Hall–Kier alpha value is -0.810. The van der Waals surface area contributed by atoms with Crippen molar-refractivity contribution in [2.24, 2.45) is 0 Å². The molecule has 0 radical (unpaired) electrons. The molecule has 1 aliphatic heterocycles. The zero-order valence-corrected chi connectivity index (χ0v) is 10.6. The van der Waals surface area contributed by atoms with E-state index in [1.807, 2.05) is 6.26 Å². The Morgan fingerprint density at radius 3 is 3.19 bits per heavy atom. The molecule has 2 heterocycles. The fourth-order valence-corrected chi connectivity index (χ4v) is 2.40. The molecule has 1 atom stereocenters. The van der Waals surface area contributed by atoms with E-state index in [2.05, 4.69) is 33.2 Å². The van der Waals surface area contributed by atoms with Crippen molar-refractivity contribution in [3.63, 3.8) is 0 Å². The summed E-state index contributed by atoms with van der Waals surface area (Å²) in [7, 11) is 0.